The maximum Gasteiger partial charge on any atom is 0.305 e. The molecule has 84 valence electrons. The Bertz CT molecular complexity index is 156. The molecule has 0 amide bonds. The minimum absolute atomic E-state index is 0.162. The van der Waals surface area contributed by atoms with Gasteiger partial charge in [-0.2, -0.15) is 0 Å². The molecule has 0 aromatic carbocycles. The van der Waals surface area contributed by atoms with Gasteiger partial charge in [-0.3, -0.25) is 4.79 Å². The van der Waals surface area contributed by atoms with Gasteiger partial charge in [0.15, 0.2) is 0 Å². The molecule has 0 aromatic heterocycles. The number of rotatable bonds is 7. The highest BCUT2D eigenvalue weighted by molar-refractivity contribution is 5.69. The number of carbonyl (C=O) groups is 1. The molecule has 0 saturated heterocycles. The van der Waals surface area contributed by atoms with E-state index < -0.39 is 6.10 Å². The Labute approximate surface area is 85.2 Å². The molecule has 0 saturated carbocycles. The quantitative estimate of drug-likeness (QED) is 0.631. The Balaban J connectivity index is 3.43. The molecule has 0 rings (SSSR count). The largest absolute Gasteiger partial charge is 0.463 e. The van der Waals surface area contributed by atoms with E-state index in [-0.39, 0.29) is 25.3 Å². The predicted octanol–water partition coefficient (Wildman–Crippen LogP) is 1.12. The first-order chi connectivity index (χ1) is 6.56. The van der Waals surface area contributed by atoms with Gasteiger partial charge >= 0.3 is 5.97 Å². The average molecular weight is 204 g/mol. The lowest BCUT2D eigenvalue weighted by Gasteiger charge is -2.14. The van der Waals surface area contributed by atoms with Crippen molar-refractivity contribution in [2.45, 2.75) is 45.8 Å². The Hall–Kier alpha value is -0.610. The van der Waals surface area contributed by atoms with Gasteiger partial charge in [0.1, 0.15) is 6.61 Å². The second-order valence-corrected chi connectivity index (χ2v) is 3.43. The van der Waals surface area contributed by atoms with Crippen LogP contribution in [0.2, 0.25) is 0 Å². The summed E-state index contributed by atoms with van der Waals surface area (Å²) in [5, 5.41) is 8.93. The molecule has 0 aliphatic heterocycles. The Morgan fingerprint density at radius 1 is 1.36 bits per heavy atom. The SMILES string of the molecule is CCCC(=O)OCC(C)OCC(C)O. The summed E-state index contributed by atoms with van der Waals surface area (Å²) in [5.74, 6) is -0.194. The number of hydrogen-bond donors (Lipinski definition) is 1. The third kappa shape index (κ3) is 8.01. The third-order valence-corrected chi connectivity index (χ3v) is 1.56. The molecule has 2 unspecified atom stereocenters. The number of aliphatic hydroxyl groups excluding tert-OH is 1. The van der Waals surface area contributed by atoms with Crippen LogP contribution in [0.3, 0.4) is 0 Å². The summed E-state index contributed by atoms with van der Waals surface area (Å²) in [5.41, 5.74) is 0. The van der Waals surface area contributed by atoms with Crippen molar-refractivity contribution >= 4 is 5.97 Å². The van der Waals surface area contributed by atoms with E-state index in [0.717, 1.165) is 6.42 Å². The van der Waals surface area contributed by atoms with Gasteiger partial charge in [-0.15, -0.1) is 0 Å². The van der Waals surface area contributed by atoms with Crippen molar-refractivity contribution < 1.29 is 19.4 Å². The summed E-state index contributed by atoms with van der Waals surface area (Å²) in [4.78, 5) is 11.0. The molecule has 4 nitrogen and oxygen atoms in total. The smallest absolute Gasteiger partial charge is 0.305 e. The molecule has 0 spiro atoms. The van der Waals surface area contributed by atoms with E-state index in [2.05, 4.69) is 0 Å². The minimum atomic E-state index is -0.483. The normalized spacial score (nSPS) is 14.9. The molecule has 0 aromatic rings. The average Bonchev–Trinajstić information content (AvgIpc) is 2.12. The second-order valence-electron chi connectivity index (χ2n) is 3.43. The predicted molar refractivity (Wildman–Crippen MR) is 53.0 cm³/mol. The van der Waals surface area contributed by atoms with Gasteiger partial charge in [0.2, 0.25) is 0 Å². The van der Waals surface area contributed by atoms with E-state index >= 15 is 0 Å². The van der Waals surface area contributed by atoms with Crippen molar-refractivity contribution in [2.75, 3.05) is 13.2 Å². The van der Waals surface area contributed by atoms with Gasteiger partial charge in [-0.05, 0) is 20.3 Å². The summed E-state index contributed by atoms with van der Waals surface area (Å²) in [6, 6.07) is 0. The summed E-state index contributed by atoms with van der Waals surface area (Å²) >= 11 is 0. The first-order valence-electron chi connectivity index (χ1n) is 5.01. The topological polar surface area (TPSA) is 55.8 Å². The number of esters is 1. The van der Waals surface area contributed by atoms with Gasteiger partial charge < -0.3 is 14.6 Å². The molecule has 0 fully saturated rings. The standard InChI is InChI=1S/C10H20O4/c1-4-5-10(12)14-7-9(3)13-6-8(2)11/h8-9,11H,4-7H2,1-3H3. The summed E-state index contributed by atoms with van der Waals surface area (Å²) in [6.07, 6.45) is 0.597. The fourth-order valence-corrected chi connectivity index (χ4v) is 0.838. The van der Waals surface area contributed by atoms with Crippen LogP contribution in [0.4, 0.5) is 0 Å². The lowest BCUT2D eigenvalue weighted by atomic mass is 10.3. The number of hydrogen-bond acceptors (Lipinski definition) is 4. The van der Waals surface area contributed by atoms with E-state index in [9.17, 15) is 4.79 Å². The first-order valence-corrected chi connectivity index (χ1v) is 5.01. The van der Waals surface area contributed by atoms with Gasteiger partial charge in [-0.25, -0.2) is 0 Å². The lowest BCUT2D eigenvalue weighted by molar-refractivity contribution is -0.148. The van der Waals surface area contributed by atoms with Crippen LogP contribution >= 0.6 is 0 Å². The van der Waals surface area contributed by atoms with Crippen molar-refractivity contribution in [1.82, 2.24) is 0 Å². The van der Waals surface area contributed by atoms with Gasteiger partial charge in [0.25, 0.3) is 0 Å². The Morgan fingerprint density at radius 3 is 2.50 bits per heavy atom. The fraction of sp³-hybridized carbons (Fsp3) is 0.900. The molecule has 2 atom stereocenters. The third-order valence-electron chi connectivity index (χ3n) is 1.56. The molecule has 0 aliphatic rings. The Morgan fingerprint density at radius 2 is 2.00 bits per heavy atom. The van der Waals surface area contributed by atoms with Crippen LogP contribution in [0.1, 0.15) is 33.6 Å². The van der Waals surface area contributed by atoms with Crippen molar-refractivity contribution in [3.8, 4) is 0 Å². The molecular weight excluding hydrogens is 184 g/mol. The summed E-state index contributed by atoms with van der Waals surface area (Å²) < 4.78 is 10.1. The molecule has 0 bridgehead atoms. The molecular formula is C10H20O4. The fourth-order valence-electron chi connectivity index (χ4n) is 0.838. The molecule has 14 heavy (non-hydrogen) atoms. The van der Waals surface area contributed by atoms with Crippen molar-refractivity contribution in [2.24, 2.45) is 0 Å². The van der Waals surface area contributed by atoms with E-state index in [1.165, 1.54) is 0 Å². The maximum absolute atomic E-state index is 11.0. The molecule has 0 aliphatic carbocycles. The van der Waals surface area contributed by atoms with Crippen LogP contribution < -0.4 is 0 Å². The van der Waals surface area contributed by atoms with Gasteiger partial charge in [-0.1, -0.05) is 6.92 Å². The van der Waals surface area contributed by atoms with E-state index in [0.29, 0.717) is 6.42 Å². The zero-order valence-electron chi connectivity index (χ0n) is 9.16. The Kier molecular flexibility index (Phi) is 7.42. The highest BCUT2D eigenvalue weighted by Crippen LogP contribution is 1.97. The van der Waals surface area contributed by atoms with Crippen LogP contribution in [0.25, 0.3) is 0 Å². The van der Waals surface area contributed by atoms with E-state index in [1.807, 2.05) is 13.8 Å². The van der Waals surface area contributed by atoms with Crippen molar-refractivity contribution in [3.63, 3.8) is 0 Å². The van der Waals surface area contributed by atoms with Crippen LogP contribution in [0, 0.1) is 0 Å². The summed E-state index contributed by atoms with van der Waals surface area (Å²) in [7, 11) is 0. The zero-order valence-corrected chi connectivity index (χ0v) is 9.16. The summed E-state index contributed by atoms with van der Waals surface area (Å²) in [6.45, 7) is 5.91. The highest BCUT2D eigenvalue weighted by Gasteiger charge is 2.07. The zero-order chi connectivity index (χ0) is 11.0. The maximum atomic E-state index is 11.0. The lowest BCUT2D eigenvalue weighted by Crippen LogP contribution is -2.22. The first kappa shape index (κ1) is 13.4. The highest BCUT2D eigenvalue weighted by atomic mass is 16.6. The van der Waals surface area contributed by atoms with Crippen LogP contribution in [0.15, 0.2) is 0 Å². The van der Waals surface area contributed by atoms with Crippen LogP contribution in [0.5, 0.6) is 0 Å². The van der Waals surface area contributed by atoms with Gasteiger partial charge in [0, 0.05) is 6.42 Å². The monoisotopic (exact) mass is 204 g/mol. The number of carbonyl (C=O) groups excluding carboxylic acids is 1. The van der Waals surface area contributed by atoms with Crippen molar-refractivity contribution in [3.05, 3.63) is 0 Å². The molecule has 4 heteroatoms. The molecule has 0 heterocycles. The van der Waals surface area contributed by atoms with E-state index in [1.54, 1.807) is 6.92 Å². The van der Waals surface area contributed by atoms with Crippen LogP contribution in [-0.2, 0) is 14.3 Å². The number of aliphatic hydroxyl groups is 1. The molecule has 1 N–H and O–H groups in total. The minimum Gasteiger partial charge on any atom is -0.463 e. The van der Waals surface area contributed by atoms with Crippen molar-refractivity contribution in [1.29, 1.82) is 0 Å². The van der Waals surface area contributed by atoms with Gasteiger partial charge in [0.05, 0.1) is 18.8 Å². The van der Waals surface area contributed by atoms with Crippen LogP contribution in [-0.4, -0.2) is 36.5 Å². The second kappa shape index (κ2) is 7.76. The molecule has 0 radical (unpaired) electrons. The van der Waals surface area contributed by atoms with E-state index in [4.69, 9.17) is 14.6 Å². The number of ether oxygens (including phenoxy) is 2.